The summed E-state index contributed by atoms with van der Waals surface area (Å²) in [4.78, 5) is 29.2. The lowest BCUT2D eigenvalue weighted by Gasteiger charge is -2.33. The van der Waals surface area contributed by atoms with Crippen LogP contribution in [0.2, 0.25) is 0 Å². The molecule has 0 heterocycles. The van der Waals surface area contributed by atoms with Crippen molar-refractivity contribution in [2.75, 3.05) is 11.9 Å². The van der Waals surface area contributed by atoms with E-state index in [2.05, 4.69) is 56.5 Å². The molecule has 0 aromatic heterocycles. The average Bonchev–Trinajstić information content (AvgIpc) is 2.97. The number of anilines is 1. The third kappa shape index (κ3) is 7.17. The molecule has 1 atom stereocenters. The minimum absolute atomic E-state index is 0.0900. The van der Waals surface area contributed by atoms with Gasteiger partial charge in [0.1, 0.15) is 0 Å². The van der Waals surface area contributed by atoms with Crippen LogP contribution in [0.4, 0.5) is 10.5 Å². The van der Waals surface area contributed by atoms with Crippen LogP contribution >= 0.6 is 0 Å². The molecule has 0 saturated heterocycles. The van der Waals surface area contributed by atoms with Crippen molar-refractivity contribution >= 4 is 17.6 Å². The second-order valence-corrected chi connectivity index (χ2v) is 10.7. The zero-order valence-electron chi connectivity index (χ0n) is 23.8. The van der Waals surface area contributed by atoms with Crippen LogP contribution < -0.4 is 10.6 Å². The number of carbonyl (C=O) groups excluding carboxylic acids is 2. The van der Waals surface area contributed by atoms with E-state index < -0.39 is 0 Å². The molecule has 206 valence electrons. The fraction of sp³-hybridized carbons (Fsp3) is 0.257. The lowest BCUT2D eigenvalue weighted by molar-refractivity contribution is 0.0658. The summed E-state index contributed by atoms with van der Waals surface area (Å²) in [7, 11) is 0. The molecule has 5 heteroatoms. The Labute approximate surface area is 238 Å². The first kappa shape index (κ1) is 28.6. The van der Waals surface area contributed by atoms with Gasteiger partial charge in [-0.2, -0.15) is 0 Å². The predicted molar refractivity (Wildman–Crippen MR) is 164 cm³/mol. The zero-order chi connectivity index (χ0) is 28.5. The van der Waals surface area contributed by atoms with Gasteiger partial charge in [-0.15, -0.1) is 0 Å². The van der Waals surface area contributed by atoms with E-state index in [4.69, 9.17) is 0 Å². The minimum Gasteiger partial charge on any atom is -0.335 e. The first-order valence-corrected chi connectivity index (χ1v) is 14.0. The third-order valence-electron chi connectivity index (χ3n) is 7.11. The molecule has 1 unspecified atom stereocenters. The number of amides is 3. The molecule has 4 rings (SSSR count). The second-order valence-electron chi connectivity index (χ2n) is 10.7. The molecule has 0 spiro atoms. The summed E-state index contributed by atoms with van der Waals surface area (Å²) < 4.78 is 0. The number of urea groups is 1. The molecular formula is C35H39N3O2. The summed E-state index contributed by atoms with van der Waals surface area (Å²) in [5.41, 5.74) is 5.65. The number of rotatable bonds is 10. The third-order valence-corrected chi connectivity index (χ3v) is 7.11. The van der Waals surface area contributed by atoms with Crippen LogP contribution in [0.15, 0.2) is 109 Å². The summed E-state index contributed by atoms with van der Waals surface area (Å²) in [6.45, 7) is 9.18. The Morgan fingerprint density at radius 1 is 0.675 bits per heavy atom. The standard InChI is InChI=1S/C35H39N3O2/c1-25(2)30-21-14-22-31(26(3)4)33(30)37-35(40)36-23-32(28-17-10-6-11-18-28)38(24-27-15-8-5-9-16-27)34(39)29-19-12-7-13-20-29/h5-22,25-26,32H,23-24H2,1-4H3,(H2,36,37,40). The normalized spacial score (nSPS) is 11.8. The van der Waals surface area contributed by atoms with E-state index in [1.54, 1.807) is 0 Å². The van der Waals surface area contributed by atoms with Gasteiger partial charge >= 0.3 is 6.03 Å². The van der Waals surface area contributed by atoms with Crippen molar-refractivity contribution in [3.8, 4) is 0 Å². The maximum Gasteiger partial charge on any atom is 0.319 e. The van der Waals surface area contributed by atoms with Crippen LogP contribution in [-0.4, -0.2) is 23.4 Å². The summed E-state index contributed by atoms with van der Waals surface area (Å²) >= 11 is 0. The van der Waals surface area contributed by atoms with Gasteiger partial charge in [-0.1, -0.05) is 125 Å². The maximum atomic E-state index is 13.9. The summed E-state index contributed by atoms with van der Waals surface area (Å²) in [5.74, 6) is 0.430. The number of hydrogen-bond donors (Lipinski definition) is 2. The van der Waals surface area contributed by atoms with E-state index >= 15 is 0 Å². The Kier molecular flexibility index (Phi) is 9.74. The van der Waals surface area contributed by atoms with Gasteiger partial charge < -0.3 is 15.5 Å². The largest absolute Gasteiger partial charge is 0.335 e. The number of nitrogens with one attached hydrogen (secondary N) is 2. The molecule has 5 nitrogen and oxygen atoms in total. The van der Waals surface area contributed by atoms with Gasteiger partial charge in [0.25, 0.3) is 5.91 Å². The quantitative estimate of drug-likeness (QED) is 0.216. The molecule has 0 aliphatic rings. The molecular weight excluding hydrogens is 494 g/mol. The maximum absolute atomic E-state index is 13.9. The fourth-order valence-corrected chi connectivity index (χ4v) is 4.98. The van der Waals surface area contributed by atoms with E-state index in [9.17, 15) is 9.59 Å². The molecule has 0 aliphatic heterocycles. The summed E-state index contributed by atoms with van der Waals surface area (Å²) in [6.07, 6.45) is 0. The van der Waals surface area contributed by atoms with Crippen molar-refractivity contribution < 1.29 is 9.59 Å². The number of carbonyl (C=O) groups is 2. The van der Waals surface area contributed by atoms with Gasteiger partial charge in [0.15, 0.2) is 0 Å². The highest BCUT2D eigenvalue weighted by Gasteiger charge is 2.27. The molecule has 40 heavy (non-hydrogen) atoms. The van der Waals surface area contributed by atoms with Crippen molar-refractivity contribution in [1.29, 1.82) is 0 Å². The molecule has 0 aliphatic carbocycles. The number of nitrogens with zero attached hydrogens (tertiary/aromatic N) is 1. The van der Waals surface area contributed by atoms with Crippen molar-refractivity contribution in [1.82, 2.24) is 10.2 Å². The molecule has 0 radical (unpaired) electrons. The summed E-state index contributed by atoms with van der Waals surface area (Å²) in [6, 6.07) is 34.7. The van der Waals surface area contributed by atoms with Gasteiger partial charge in [0.2, 0.25) is 0 Å². The molecule has 2 N–H and O–H groups in total. The van der Waals surface area contributed by atoms with Crippen molar-refractivity contribution in [2.24, 2.45) is 0 Å². The van der Waals surface area contributed by atoms with E-state index in [1.807, 2.05) is 95.9 Å². The Morgan fingerprint density at radius 2 is 1.20 bits per heavy atom. The number of benzene rings is 4. The predicted octanol–water partition coefficient (Wildman–Crippen LogP) is 8.14. The smallest absolute Gasteiger partial charge is 0.319 e. The Bertz CT molecular complexity index is 1360. The monoisotopic (exact) mass is 533 g/mol. The lowest BCUT2D eigenvalue weighted by Crippen LogP contribution is -2.42. The Balaban J connectivity index is 1.64. The molecule has 4 aromatic carbocycles. The van der Waals surface area contributed by atoms with Crippen LogP contribution in [-0.2, 0) is 6.54 Å². The second kappa shape index (κ2) is 13.6. The average molecular weight is 534 g/mol. The van der Waals surface area contributed by atoms with Gasteiger partial charge in [0, 0.05) is 24.3 Å². The van der Waals surface area contributed by atoms with Crippen molar-refractivity contribution in [3.05, 3.63) is 137 Å². The van der Waals surface area contributed by atoms with E-state index in [0.29, 0.717) is 12.1 Å². The Morgan fingerprint density at radius 3 is 1.75 bits per heavy atom. The Hall–Kier alpha value is -4.38. The van der Waals surface area contributed by atoms with Gasteiger partial charge in [-0.05, 0) is 46.2 Å². The minimum atomic E-state index is -0.384. The van der Waals surface area contributed by atoms with Crippen LogP contribution in [0, 0.1) is 0 Å². The van der Waals surface area contributed by atoms with Gasteiger partial charge in [0.05, 0.1) is 6.04 Å². The lowest BCUT2D eigenvalue weighted by atomic mass is 9.93. The van der Waals surface area contributed by atoms with Crippen molar-refractivity contribution in [3.63, 3.8) is 0 Å². The van der Waals surface area contributed by atoms with E-state index in [1.165, 1.54) is 0 Å². The fourth-order valence-electron chi connectivity index (χ4n) is 4.98. The summed E-state index contributed by atoms with van der Waals surface area (Å²) in [5, 5.41) is 6.24. The molecule has 0 bridgehead atoms. The first-order valence-electron chi connectivity index (χ1n) is 14.0. The van der Waals surface area contributed by atoms with Gasteiger partial charge in [-0.25, -0.2) is 4.79 Å². The SMILES string of the molecule is CC(C)c1cccc(C(C)C)c1NC(=O)NCC(c1ccccc1)N(Cc1ccccc1)C(=O)c1ccccc1. The first-order chi connectivity index (χ1) is 19.3. The van der Waals surface area contributed by atoms with E-state index in [0.717, 1.165) is 27.9 Å². The highest BCUT2D eigenvalue weighted by atomic mass is 16.2. The van der Waals surface area contributed by atoms with Gasteiger partial charge in [-0.3, -0.25) is 4.79 Å². The van der Waals surface area contributed by atoms with Crippen LogP contribution in [0.3, 0.4) is 0 Å². The molecule has 0 saturated carbocycles. The topological polar surface area (TPSA) is 61.4 Å². The highest BCUT2D eigenvalue weighted by Crippen LogP contribution is 2.32. The van der Waals surface area contributed by atoms with E-state index in [-0.39, 0.29) is 36.4 Å². The van der Waals surface area contributed by atoms with Crippen molar-refractivity contribution in [2.45, 2.75) is 52.1 Å². The number of para-hydroxylation sites is 1. The molecule has 4 aromatic rings. The van der Waals surface area contributed by atoms with Crippen LogP contribution in [0.25, 0.3) is 0 Å². The molecule has 0 fully saturated rings. The highest BCUT2D eigenvalue weighted by molar-refractivity contribution is 5.95. The zero-order valence-corrected chi connectivity index (χ0v) is 23.8. The van der Waals surface area contributed by atoms with Crippen LogP contribution in [0.1, 0.15) is 78.2 Å². The number of hydrogen-bond acceptors (Lipinski definition) is 2. The molecule has 3 amide bonds. The van der Waals surface area contributed by atoms with Crippen LogP contribution in [0.5, 0.6) is 0 Å².